The van der Waals surface area contributed by atoms with Crippen molar-refractivity contribution in [2.75, 3.05) is 10.8 Å². The van der Waals surface area contributed by atoms with Gasteiger partial charge in [-0.05, 0) is 74.2 Å². The molecule has 9 heteroatoms. The second kappa shape index (κ2) is 14.6. The Balaban J connectivity index is 1.82. The summed E-state index contributed by atoms with van der Waals surface area (Å²) in [4.78, 5) is 29.8. The third kappa shape index (κ3) is 8.07. The zero-order chi connectivity index (χ0) is 31.9. The van der Waals surface area contributed by atoms with Crippen LogP contribution in [-0.4, -0.2) is 43.8 Å². The second-order valence-corrected chi connectivity index (χ2v) is 13.3. The first-order valence-electron chi connectivity index (χ1n) is 14.5. The van der Waals surface area contributed by atoms with E-state index >= 15 is 0 Å². The number of carbonyl (C=O) groups is 2. The Kier molecular flexibility index (Phi) is 10.8. The first kappa shape index (κ1) is 32.8. The minimum absolute atomic E-state index is 0.0355. The summed E-state index contributed by atoms with van der Waals surface area (Å²) in [5, 5.41) is 3.34. The zero-order valence-corrected chi connectivity index (χ0v) is 27.0. The van der Waals surface area contributed by atoms with E-state index in [0.717, 1.165) is 26.6 Å². The SMILES string of the molecule is Cc1ccc(N(CC(=O)N(Cc2ccccc2C)[C@H](Cc2ccccc2)C(=O)NC(C)C)S(=O)(=O)c2ccccc2)cc1Cl. The van der Waals surface area contributed by atoms with Crippen LogP contribution in [0.25, 0.3) is 0 Å². The fraction of sp³-hybridized carbons (Fsp3) is 0.257. The van der Waals surface area contributed by atoms with E-state index in [-0.39, 0.29) is 35.5 Å². The molecule has 44 heavy (non-hydrogen) atoms. The van der Waals surface area contributed by atoms with Gasteiger partial charge < -0.3 is 10.2 Å². The standard InChI is InChI=1S/C35H38ClN3O4S/c1-25(2)37-35(41)33(21-28-14-7-5-8-15-28)38(23-29-16-12-11-13-26(29)3)34(40)24-39(30-20-19-27(4)32(36)22-30)44(42,43)31-17-9-6-10-18-31/h5-20,22,25,33H,21,23-24H2,1-4H3,(H,37,41)/t33-/m1/s1. The highest BCUT2D eigenvalue weighted by molar-refractivity contribution is 7.92. The molecule has 0 unspecified atom stereocenters. The molecule has 0 aliphatic heterocycles. The summed E-state index contributed by atoms with van der Waals surface area (Å²) in [7, 11) is -4.19. The van der Waals surface area contributed by atoms with E-state index in [0.29, 0.717) is 5.02 Å². The van der Waals surface area contributed by atoms with Crippen LogP contribution in [-0.2, 0) is 32.6 Å². The summed E-state index contributed by atoms with van der Waals surface area (Å²) in [6, 6.07) is 28.9. The molecule has 4 aromatic carbocycles. The molecule has 1 atom stereocenters. The molecule has 0 bridgehead atoms. The third-order valence-electron chi connectivity index (χ3n) is 7.36. The molecule has 0 spiro atoms. The maximum absolute atomic E-state index is 14.5. The molecular weight excluding hydrogens is 594 g/mol. The summed E-state index contributed by atoms with van der Waals surface area (Å²) >= 11 is 6.44. The van der Waals surface area contributed by atoms with Gasteiger partial charge in [-0.1, -0.05) is 90.5 Å². The topological polar surface area (TPSA) is 86.8 Å². The predicted molar refractivity (Wildman–Crippen MR) is 176 cm³/mol. The lowest BCUT2D eigenvalue weighted by Gasteiger charge is -2.34. The van der Waals surface area contributed by atoms with E-state index in [1.54, 1.807) is 36.4 Å². The Morgan fingerprint density at radius 3 is 2.05 bits per heavy atom. The van der Waals surface area contributed by atoms with E-state index in [4.69, 9.17) is 11.6 Å². The minimum atomic E-state index is -4.19. The highest BCUT2D eigenvalue weighted by Gasteiger charge is 2.35. The number of sulfonamides is 1. The van der Waals surface area contributed by atoms with Crippen LogP contribution in [0, 0.1) is 13.8 Å². The minimum Gasteiger partial charge on any atom is -0.352 e. The van der Waals surface area contributed by atoms with Gasteiger partial charge in [-0.2, -0.15) is 0 Å². The van der Waals surface area contributed by atoms with Gasteiger partial charge in [-0.15, -0.1) is 0 Å². The highest BCUT2D eigenvalue weighted by Crippen LogP contribution is 2.29. The fourth-order valence-electron chi connectivity index (χ4n) is 4.89. The monoisotopic (exact) mass is 631 g/mol. The second-order valence-electron chi connectivity index (χ2n) is 11.1. The number of hydrogen-bond acceptors (Lipinski definition) is 4. The molecule has 4 aromatic rings. The molecule has 0 saturated heterocycles. The Morgan fingerprint density at radius 2 is 1.43 bits per heavy atom. The molecule has 0 radical (unpaired) electrons. The molecule has 0 fully saturated rings. The van der Waals surface area contributed by atoms with Crippen LogP contribution in [0.5, 0.6) is 0 Å². The smallest absolute Gasteiger partial charge is 0.264 e. The maximum atomic E-state index is 14.5. The van der Waals surface area contributed by atoms with Crippen LogP contribution >= 0.6 is 11.6 Å². The molecule has 0 aliphatic carbocycles. The average Bonchev–Trinajstić information content (AvgIpc) is 3.00. The molecule has 4 rings (SSSR count). The van der Waals surface area contributed by atoms with Gasteiger partial charge in [0.05, 0.1) is 10.6 Å². The van der Waals surface area contributed by atoms with Gasteiger partial charge in [-0.25, -0.2) is 8.42 Å². The van der Waals surface area contributed by atoms with Crippen molar-refractivity contribution in [3.8, 4) is 0 Å². The van der Waals surface area contributed by atoms with Gasteiger partial charge >= 0.3 is 0 Å². The van der Waals surface area contributed by atoms with E-state index < -0.39 is 28.5 Å². The number of carbonyl (C=O) groups excluding carboxylic acids is 2. The first-order valence-corrected chi connectivity index (χ1v) is 16.3. The van der Waals surface area contributed by atoms with Gasteiger partial charge in [0, 0.05) is 24.0 Å². The molecule has 0 saturated carbocycles. The maximum Gasteiger partial charge on any atom is 0.264 e. The van der Waals surface area contributed by atoms with Gasteiger partial charge in [-0.3, -0.25) is 13.9 Å². The number of hydrogen-bond donors (Lipinski definition) is 1. The van der Waals surface area contributed by atoms with Crippen molar-refractivity contribution >= 4 is 39.1 Å². The number of halogens is 1. The van der Waals surface area contributed by atoms with Gasteiger partial charge in [0.1, 0.15) is 12.6 Å². The van der Waals surface area contributed by atoms with E-state index in [2.05, 4.69) is 5.32 Å². The van der Waals surface area contributed by atoms with E-state index in [1.807, 2.05) is 82.3 Å². The number of amides is 2. The van der Waals surface area contributed by atoms with Crippen molar-refractivity contribution in [2.45, 2.75) is 57.6 Å². The first-order chi connectivity index (χ1) is 21.0. The average molecular weight is 632 g/mol. The van der Waals surface area contributed by atoms with E-state index in [9.17, 15) is 18.0 Å². The number of nitrogens with one attached hydrogen (secondary N) is 1. The molecule has 7 nitrogen and oxygen atoms in total. The molecule has 2 amide bonds. The van der Waals surface area contributed by atoms with Crippen LogP contribution in [0.4, 0.5) is 5.69 Å². The largest absolute Gasteiger partial charge is 0.352 e. The summed E-state index contributed by atoms with van der Waals surface area (Å²) in [6.07, 6.45) is 0.249. The van der Waals surface area contributed by atoms with Gasteiger partial charge in [0.15, 0.2) is 0 Å². The summed E-state index contributed by atoms with van der Waals surface area (Å²) in [6.45, 7) is 7.06. The van der Waals surface area contributed by atoms with Crippen LogP contribution in [0.1, 0.15) is 36.1 Å². The summed E-state index contributed by atoms with van der Waals surface area (Å²) in [5.74, 6) is -0.842. The van der Waals surface area contributed by atoms with Crippen molar-refractivity contribution in [3.63, 3.8) is 0 Å². The number of anilines is 1. The van der Waals surface area contributed by atoms with Crippen molar-refractivity contribution in [1.29, 1.82) is 0 Å². The molecule has 0 heterocycles. The van der Waals surface area contributed by atoms with E-state index in [1.165, 1.54) is 17.0 Å². The third-order valence-corrected chi connectivity index (χ3v) is 9.55. The Labute approximate surface area is 265 Å². The van der Waals surface area contributed by atoms with Crippen LogP contribution < -0.4 is 9.62 Å². The predicted octanol–water partition coefficient (Wildman–Crippen LogP) is 6.32. The highest BCUT2D eigenvalue weighted by atomic mass is 35.5. The van der Waals surface area contributed by atoms with Crippen molar-refractivity contribution < 1.29 is 18.0 Å². The molecule has 1 N–H and O–H groups in total. The van der Waals surface area contributed by atoms with Crippen LogP contribution in [0.2, 0.25) is 5.02 Å². The van der Waals surface area contributed by atoms with Crippen LogP contribution in [0.3, 0.4) is 0 Å². The Hall–Kier alpha value is -4.14. The Bertz CT molecular complexity index is 1700. The summed E-state index contributed by atoms with van der Waals surface area (Å²) in [5.41, 5.74) is 3.70. The lowest BCUT2D eigenvalue weighted by atomic mass is 10.0. The molecule has 230 valence electrons. The van der Waals surface area contributed by atoms with Gasteiger partial charge in [0.25, 0.3) is 10.0 Å². The number of benzene rings is 4. The quantitative estimate of drug-likeness (QED) is 0.198. The zero-order valence-electron chi connectivity index (χ0n) is 25.4. The lowest BCUT2D eigenvalue weighted by molar-refractivity contribution is -0.140. The molecular formula is C35H38ClN3O4S. The number of rotatable bonds is 12. The van der Waals surface area contributed by atoms with Crippen LogP contribution in [0.15, 0.2) is 108 Å². The lowest BCUT2D eigenvalue weighted by Crippen LogP contribution is -2.54. The number of nitrogens with zero attached hydrogens (tertiary/aromatic N) is 2. The molecule has 0 aromatic heterocycles. The fourth-order valence-corrected chi connectivity index (χ4v) is 6.49. The molecule has 0 aliphatic rings. The van der Waals surface area contributed by atoms with Crippen molar-refractivity contribution in [3.05, 3.63) is 130 Å². The Morgan fingerprint density at radius 1 is 0.818 bits per heavy atom. The summed E-state index contributed by atoms with van der Waals surface area (Å²) < 4.78 is 29.2. The normalized spacial score (nSPS) is 12.0. The number of aryl methyl sites for hydroxylation is 2. The van der Waals surface area contributed by atoms with Crippen molar-refractivity contribution in [2.24, 2.45) is 0 Å². The van der Waals surface area contributed by atoms with Crippen molar-refractivity contribution in [1.82, 2.24) is 10.2 Å². The van der Waals surface area contributed by atoms with Gasteiger partial charge in [0.2, 0.25) is 11.8 Å².